The molecular weight excluding hydrogens is 597 g/mol. The van der Waals surface area contributed by atoms with Crippen molar-refractivity contribution < 1.29 is 14.0 Å². The topological polar surface area (TPSA) is 135 Å². The molecule has 0 saturated heterocycles. The summed E-state index contributed by atoms with van der Waals surface area (Å²) in [6, 6.07) is 16.3. The summed E-state index contributed by atoms with van der Waals surface area (Å²) in [6.07, 6.45) is 10.1. The minimum absolute atomic E-state index is 0.0417. The quantitative estimate of drug-likeness (QED) is 0.259. The SMILES string of the molecule is O=C(Nc1ccc(-c2ncc[nH]2)cc1)[C@H]1c2cccc(-c3cncnc3)c2CCN1C(=O)c1cn(-c2cccc(Cl)c2F)nn1. The lowest BCUT2D eigenvalue weighted by atomic mass is 9.86. The second-order valence-electron chi connectivity index (χ2n) is 10.3. The molecule has 2 amide bonds. The minimum atomic E-state index is -1.01. The zero-order chi connectivity index (χ0) is 30.9. The molecule has 2 N–H and O–H groups in total. The highest BCUT2D eigenvalue weighted by Gasteiger charge is 2.38. The molecule has 3 aromatic heterocycles. The van der Waals surface area contributed by atoms with Crippen molar-refractivity contribution in [1.29, 1.82) is 0 Å². The highest BCUT2D eigenvalue weighted by atomic mass is 35.5. The van der Waals surface area contributed by atoms with E-state index in [1.807, 2.05) is 30.3 Å². The van der Waals surface area contributed by atoms with Gasteiger partial charge in [-0.1, -0.05) is 41.1 Å². The number of hydrogen-bond donors (Lipinski definition) is 2. The Kier molecular flexibility index (Phi) is 7.31. The number of hydrogen-bond acceptors (Lipinski definition) is 7. The Morgan fingerprint density at radius 3 is 2.58 bits per heavy atom. The summed E-state index contributed by atoms with van der Waals surface area (Å²) >= 11 is 5.95. The molecule has 0 spiro atoms. The van der Waals surface area contributed by atoms with Gasteiger partial charge in [0, 0.05) is 48.1 Å². The predicted molar refractivity (Wildman–Crippen MR) is 164 cm³/mol. The molecule has 13 heteroatoms. The van der Waals surface area contributed by atoms with Gasteiger partial charge in [0.15, 0.2) is 11.5 Å². The van der Waals surface area contributed by atoms with Crippen LogP contribution < -0.4 is 5.32 Å². The smallest absolute Gasteiger partial charge is 0.277 e. The van der Waals surface area contributed by atoms with Crippen molar-refractivity contribution in [2.24, 2.45) is 0 Å². The van der Waals surface area contributed by atoms with E-state index in [1.165, 1.54) is 29.6 Å². The Balaban J connectivity index is 1.24. The number of carbonyl (C=O) groups excluding carboxylic acids is 2. The van der Waals surface area contributed by atoms with Crippen molar-refractivity contribution in [2.45, 2.75) is 12.5 Å². The number of nitrogens with zero attached hydrogens (tertiary/aromatic N) is 7. The molecule has 0 saturated carbocycles. The zero-order valence-electron chi connectivity index (χ0n) is 23.4. The lowest BCUT2D eigenvalue weighted by Gasteiger charge is -2.36. The molecule has 0 radical (unpaired) electrons. The molecule has 6 aromatic rings. The number of aromatic nitrogens is 7. The fourth-order valence-corrected chi connectivity index (χ4v) is 5.69. The van der Waals surface area contributed by atoms with E-state index >= 15 is 0 Å². The van der Waals surface area contributed by atoms with Gasteiger partial charge in [0.2, 0.25) is 0 Å². The summed E-state index contributed by atoms with van der Waals surface area (Å²) in [5.41, 5.74) is 4.64. The molecule has 7 rings (SSSR count). The summed E-state index contributed by atoms with van der Waals surface area (Å²) in [4.78, 5) is 45.2. The number of amides is 2. The van der Waals surface area contributed by atoms with Crippen LogP contribution in [0.4, 0.5) is 10.1 Å². The fraction of sp³-hybridized carbons (Fsp3) is 0.0938. The van der Waals surface area contributed by atoms with Gasteiger partial charge in [0.25, 0.3) is 11.8 Å². The number of carbonyl (C=O) groups is 2. The Labute approximate surface area is 260 Å². The highest BCUT2D eigenvalue weighted by Crippen LogP contribution is 2.37. The first-order valence-corrected chi connectivity index (χ1v) is 14.3. The lowest BCUT2D eigenvalue weighted by Crippen LogP contribution is -2.45. The molecule has 1 atom stereocenters. The Bertz CT molecular complexity index is 2010. The summed E-state index contributed by atoms with van der Waals surface area (Å²) < 4.78 is 15.8. The normalized spacial score (nSPS) is 14.2. The van der Waals surface area contributed by atoms with E-state index in [0.29, 0.717) is 23.5 Å². The Morgan fingerprint density at radius 2 is 1.80 bits per heavy atom. The molecule has 0 fully saturated rings. The molecule has 1 aliphatic heterocycles. The van der Waals surface area contributed by atoms with E-state index in [9.17, 15) is 14.0 Å². The van der Waals surface area contributed by atoms with Crippen LogP contribution in [0, 0.1) is 5.82 Å². The van der Waals surface area contributed by atoms with Gasteiger partial charge in [-0.15, -0.1) is 5.10 Å². The maximum absolute atomic E-state index is 14.7. The second kappa shape index (κ2) is 11.7. The number of rotatable bonds is 6. The van der Waals surface area contributed by atoms with E-state index in [1.54, 1.807) is 43.0 Å². The van der Waals surface area contributed by atoms with Crippen LogP contribution in [0.15, 0.2) is 98.0 Å². The van der Waals surface area contributed by atoms with Crippen molar-refractivity contribution in [3.8, 4) is 28.2 Å². The van der Waals surface area contributed by atoms with Gasteiger partial charge >= 0.3 is 0 Å². The predicted octanol–water partition coefficient (Wildman–Crippen LogP) is 5.29. The third-order valence-electron chi connectivity index (χ3n) is 7.62. The number of nitrogens with one attached hydrogen (secondary N) is 2. The molecule has 1 aliphatic rings. The van der Waals surface area contributed by atoms with Crippen molar-refractivity contribution in [3.05, 3.63) is 126 Å². The molecule has 4 heterocycles. The molecular formula is C32H23ClFN9O2. The number of H-pyrrole nitrogens is 1. The van der Waals surface area contributed by atoms with Crippen molar-refractivity contribution in [3.63, 3.8) is 0 Å². The number of benzene rings is 3. The van der Waals surface area contributed by atoms with Crippen molar-refractivity contribution in [1.82, 2.24) is 39.8 Å². The molecule has 0 unspecified atom stereocenters. The minimum Gasteiger partial charge on any atom is -0.345 e. The standard InChI is InChI=1S/C32H23ClFN9O2/c33-25-5-2-6-27(28(25)34)43-17-26(40-41-43)32(45)42-14-11-23-22(20-15-35-18-36-16-20)3-1-4-24(23)29(42)31(44)39-21-9-7-19(8-10-21)30-37-12-13-38-30/h1-10,12-13,15-18,29H,11,14H2,(H,37,38)(H,39,44)/t29-/m1/s1. The van der Waals surface area contributed by atoms with Crippen molar-refractivity contribution in [2.75, 3.05) is 11.9 Å². The third kappa shape index (κ3) is 5.31. The molecule has 222 valence electrons. The maximum atomic E-state index is 14.7. The average molecular weight is 620 g/mol. The fourth-order valence-electron chi connectivity index (χ4n) is 5.52. The van der Waals surface area contributed by atoms with Crippen LogP contribution in [0.3, 0.4) is 0 Å². The van der Waals surface area contributed by atoms with Gasteiger partial charge in [-0.2, -0.15) is 0 Å². The van der Waals surface area contributed by atoms with Gasteiger partial charge in [-0.25, -0.2) is 24.0 Å². The van der Waals surface area contributed by atoms with Gasteiger partial charge in [-0.05, 0) is 59.5 Å². The number of aromatic amines is 1. The van der Waals surface area contributed by atoms with Crippen LogP contribution in [0.25, 0.3) is 28.2 Å². The Morgan fingerprint density at radius 1 is 1.00 bits per heavy atom. The molecule has 3 aromatic carbocycles. The Hall–Kier alpha value is -5.75. The first-order valence-electron chi connectivity index (χ1n) is 13.9. The summed E-state index contributed by atoms with van der Waals surface area (Å²) in [5, 5.41) is 10.9. The van der Waals surface area contributed by atoms with E-state index in [4.69, 9.17) is 11.6 Å². The molecule has 45 heavy (non-hydrogen) atoms. The van der Waals surface area contributed by atoms with Crippen LogP contribution >= 0.6 is 11.6 Å². The number of anilines is 1. The third-order valence-corrected chi connectivity index (χ3v) is 7.91. The van der Waals surface area contributed by atoms with E-state index in [-0.39, 0.29) is 22.9 Å². The summed E-state index contributed by atoms with van der Waals surface area (Å²) in [5.74, 6) is -0.933. The molecule has 0 bridgehead atoms. The van der Waals surface area contributed by atoms with Crippen LogP contribution in [-0.4, -0.2) is 58.2 Å². The number of halogens is 2. The van der Waals surface area contributed by atoms with Gasteiger partial charge in [-0.3, -0.25) is 9.59 Å². The second-order valence-corrected chi connectivity index (χ2v) is 10.7. The largest absolute Gasteiger partial charge is 0.345 e. The first-order chi connectivity index (χ1) is 22.0. The van der Waals surface area contributed by atoms with Crippen LogP contribution in [0.1, 0.15) is 27.7 Å². The van der Waals surface area contributed by atoms with Crippen LogP contribution in [0.5, 0.6) is 0 Å². The lowest BCUT2D eigenvalue weighted by molar-refractivity contribution is -0.121. The molecule has 11 nitrogen and oxygen atoms in total. The molecule has 0 aliphatic carbocycles. The van der Waals surface area contributed by atoms with E-state index in [2.05, 4.69) is 35.6 Å². The van der Waals surface area contributed by atoms with Gasteiger partial charge in [0.05, 0.1) is 11.2 Å². The van der Waals surface area contributed by atoms with Gasteiger partial charge < -0.3 is 15.2 Å². The number of fused-ring (bicyclic) bond motifs is 1. The van der Waals surface area contributed by atoms with E-state index < -0.39 is 23.7 Å². The highest BCUT2D eigenvalue weighted by molar-refractivity contribution is 6.30. The maximum Gasteiger partial charge on any atom is 0.277 e. The monoisotopic (exact) mass is 619 g/mol. The summed E-state index contributed by atoms with van der Waals surface area (Å²) in [7, 11) is 0. The van der Waals surface area contributed by atoms with Crippen LogP contribution in [0.2, 0.25) is 5.02 Å². The first kappa shape index (κ1) is 28.0. The van der Waals surface area contributed by atoms with Gasteiger partial charge in [0.1, 0.15) is 23.9 Å². The van der Waals surface area contributed by atoms with Crippen LogP contribution in [-0.2, 0) is 11.2 Å². The zero-order valence-corrected chi connectivity index (χ0v) is 24.2. The van der Waals surface area contributed by atoms with E-state index in [0.717, 1.165) is 26.9 Å². The number of imidazole rings is 1. The summed E-state index contributed by atoms with van der Waals surface area (Å²) in [6.45, 7) is 0.213. The average Bonchev–Trinajstić information content (AvgIpc) is 3.79. The van der Waals surface area contributed by atoms with Crippen molar-refractivity contribution >= 4 is 29.1 Å².